The molecule has 4 aromatic rings. The number of fused-ring (bicyclic) bond motifs is 1. The van der Waals surface area contributed by atoms with Crippen LogP contribution in [0.2, 0.25) is 0 Å². The van der Waals surface area contributed by atoms with E-state index in [1.807, 2.05) is 54.6 Å². The fraction of sp³-hybridized carbons (Fsp3) is 0.269. The number of methoxy groups -OCH3 is 1. The Morgan fingerprint density at radius 2 is 1.83 bits per heavy atom. The number of hydrogen-bond donors (Lipinski definition) is 3. The maximum atomic E-state index is 11.3. The van der Waals surface area contributed by atoms with Crippen LogP contribution in [-0.2, 0) is 5.54 Å². The SMILES string of the molecule is COc1nc(OCCO)nc2oc(-c3ccc(C4(NC(=O)O)CCC4)cc3)c(-c3ccccc3)c12. The molecule has 5 rings (SSSR count). The number of carbonyl (C=O) groups is 1. The van der Waals surface area contributed by atoms with Gasteiger partial charge in [-0.1, -0.05) is 54.6 Å². The van der Waals surface area contributed by atoms with Gasteiger partial charge < -0.3 is 29.4 Å². The second-order valence-corrected chi connectivity index (χ2v) is 8.38. The second-order valence-electron chi connectivity index (χ2n) is 8.38. The lowest BCUT2D eigenvalue weighted by atomic mass is 9.72. The van der Waals surface area contributed by atoms with Crippen molar-refractivity contribution >= 4 is 17.2 Å². The molecule has 0 radical (unpaired) electrons. The van der Waals surface area contributed by atoms with E-state index in [4.69, 9.17) is 19.0 Å². The van der Waals surface area contributed by atoms with Crippen molar-refractivity contribution < 1.29 is 28.9 Å². The molecule has 3 N–H and O–H groups in total. The lowest BCUT2D eigenvalue weighted by Gasteiger charge is -2.42. The lowest BCUT2D eigenvalue weighted by Crippen LogP contribution is -2.50. The molecule has 180 valence electrons. The molecule has 0 bridgehead atoms. The van der Waals surface area contributed by atoms with Gasteiger partial charge in [0.05, 0.1) is 19.3 Å². The molecule has 0 spiro atoms. The fourth-order valence-corrected chi connectivity index (χ4v) is 4.55. The van der Waals surface area contributed by atoms with Gasteiger partial charge >= 0.3 is 12.1 Å². The zero-order chi connectivity index (χ0) is 24.4. The minimum Gasteiger partial charge on any atom is -0.480 e. The Morgan fingerprint density at radius 1 is 1.09 bits per heavy atom. The highest BCUT2D eigenvalue weighted by molar-refractivity contribution is 6.03. The van der Waals surface area contributed by atoms with Crippen molar-refractivity contribution in [3.63, 3.8) is 0 Å². The van der Waals surface area contributed by atoms with E-state index in [0.29, 0.717) is 22.7 Å². The molecule has 9 heteroatoms. The summed E-state index contributed by atoms with van der Waals surface area (Å²) in [5, 5.41) is 21.7. The van der Waals surface area contributed by atoms with Crippen molar-refractivity contribution in [1.82, 2.24) is 15.3 Å². The van der Waals surface area contributed by atoms with Crippen LogP contribution in [0.1, 0.15) is 24.8 Å². The Labute approximate surface area is 201 Å². The summed E-state index contributed by atoms with van der Waals surface area (Å²) in [5.74, 6) is 0.881. The second kappa shape index (κ2) is 9.27. The molecule has 1 aliphatic rings. The summed E-state index contributed by atoms with van der Waals surface area (Å²) in [7, 11) is 1.52. The van der Waals surface area contributed by atoms with Crippen LogP contribution in [0.4, 0.5) is 4.79 Å². The predicted octanol–water partition coefficient (Wildman–Crippen LogP) is 4.58. The van der Waals surface area contributed by atoms with Crippen molar-refractivity contribution in [3.8, 4) is 34.3 Å². The van der Waals surface area contributed by atoms with Crippen LogP contribution >= 0.6 is 0 Å². The first kappa shape index (κ1) is 22.7. The molecule has 35 heavy (non-hydrogen) atoms. The van der Waals surface area contributed by atoms with Crippen molar-refractivity contribution in [1.29, 1.82) is 0 Å². The van der Waals surface area contributed by atoms with Gasteiger partial charge in [-0.15, -0.1) is 0 Å². The van der Waals surface area contributed by atoms with Crippen molar-refractivity contribution in [3.05, 3.63) is 60.2 Å². The Hall–Kier alpha value is -4.11. The number of carboxylic acid groups (broad SMARTS) is 1. The maximum absolute atomic E-state index is 11.3. The summed E-state index contributed by atoms with van der Waals surface area (Å²) in [5.41, 5.74) is 3.15. The van der Waals surface area contributed by atoms with Gasteiger partial charge in [0.25, 0.3) is 0 Å². The van der Waals surface area contributed by atoms with Crippen LogP contribution < -0.4 is 14.8 Å². The van der Waals surface area contributed by atoms with E-state index in [-0.39, 0.29) is 19.2 Å². The number of furan rings is 1. The third kappa shape index (κ3) is 4.15. The summed E-state index contributed by atoms with van der Waals surface area (Å²) in [4.78, 5) is 20.1. The average molecular weight is 476 g/mol. The van der Waals surface area contributed by atoms with Crippen LogP contribution in [0, 0.1) is 0 Å². The van der Waals surface area contributed by atoms with E-state index in [1.54, 1.807) is 0 Å². The molecule has 9 nitrogen and oxygen atoms in total. The van der Waals surface area contributed by atoms with Gasteiger partial charge in [-0.3, -0.25) is 0 Å². The molecule has 2 aromatic carbocycles. The smallest absolute Gasteiger partial charge is 0.405 e. The fourth-order valence-electron chi connectivity index (χ4n) is 4.55. The molecule has 2 heterocycles. The highest BCUT2D eigenvalue weighted by Gasteiger charge is 2.40. The molecule has 1 fully saturated rings. The lowest BCUT2D eigenvalue weighted by molar-refractivity contribution is 0.144. The summed E-state index contributed by atoms with van der Waals surface area (Å²) in [6, 6.07) is 17.5. The number of amides is 1. The first-order valence-electron chi connectivity index (χ1n) is 11.3. The Morgan fingerprint density at radius 3 is 2.43 bits per heavy atom. The normalized spacial score (nSPS) is 14.3. The van der Waals surface area contributed by atoms with Crippen LogP contribution in [-0.4, -0.2) is 46.6 Å². The highest BCUT2D eigenvalue weighted by atomic mass is 16.5. The van der Waals surface area contributed by atoms with Crippen LogP contribution in [0.5, 0.6) is 11.9 Å². The van der Waals surface area contributed by atoms with Gasteiger partial charge in [0.15, 0.2) is 0 Å². The monoisotopic (exact) mass is 475 g/mol. The van der Waals surface area contributed by atoms with E-state index in [2.05, 4.69) is 15.3 Å². The minimum absolute atomic E-state index is 0.0430. The van der Waals surface area contributed by atoms with Crippen molar-refractivity contribution in [2.45, 2.75) is 24.8 Å². The topological polar surface area (TPSA) is 127 Å². The molecule has 0 aliphatic heterocycles. The largest absolute Gasteiger partial charge is 0.480 e. The molecule has 1 amide bonds. The van der Waals surface area contributed by atoms with Crippen LogP contribution in [0.3, 0.4) is 0 Å². The number of nitrogens with one attached hydrogen (secondary N) is 1. The third-order valence-corrected chi connectivity index (χ3v) is 6.33. The predicted molar refractivity (Wildman–Crippen MR) is 128 cm³/mol. The summed E-state index contributed by atoms with van der Waals surface area (Å²) < 4.78 is 17.2. The van der Waals surface area contributed by atoms with E-state index in [0.717, 1.165) is 41.5 Å². The zero-order valence-electron chi connectivity index (χ0n) is 19.2. The zero-order valence-corrected chi connectivity index (χ0v) is 19.2. The summed E-state index contributed by atoms with van der Waals surface area (Å²) >= 11 is 0. The van der Waals surface area contributed by atoms with Crippen LogP contribution in [0.15, 0.2) is 59.0 Å². The number of ether oxygens (including phenoxy) is 2. The molecule has 0 saturated heterocycles. The van der Waals surface area contributed by atoms with Crippen molar-refractivity contribution in [2.75, 3.05) is 20.3 Å². The van der Waals surface area contributed by atoms with E-state index in [1.165, 1.54) is 7.11 Å². The molecule has 0 unspecified atom stereocenters. The van der Waals surface area contributed by atoms with Gasteiger partial charge in [0, 0.05) is 11.1 Å². The quantitative estimate of drug-likeness (QED) is 0.338. The first-order valence-corrected chi connectivity index (χ1v) is 11.3. The number of nitrogens with zero attached hydrogens (tertiary/aromatic N) is 2. The number of benzene rings is 2. The van der Waals surface area contributed by atoms with E-state index < -0.39 is 11.6 Å². The Kier molecular flexibility index (Phi) is 6.00. The Bertz CT molecular complexity index is 1350. The van der Waals surface area contributed by atoms with Crippen molar-refractivity contribution in [2.24, 2.45) is 0 Å². The molecule has 0 atom stereocenters. The van der Waals surface area contributed by atoms with Gasteiger partial charge in [0.2, 0.25) is 11.6 Å². The number of aliphatic hydroxyl groups excluding tert-OH is 1. The third-order valence-electron chi connectivity index (χ3n) is 6.33. The molecular formula is C26H25N3O6. The molecule has 2 aromatic heterocycles. The Balaban J connectivity index is 1.65. The molecular weight excluding hydrogens is 450 g/mol. The van der Waals surface area contributed by atoms with E-state index >= 15 is 0 Å². The van der Waals surface area contributed by atoms with Gasteiger partial charge in [-0.05, 0) is 30.4 Å². The van der Waals surface area contributed by atoms with Gasteiger partial charge in [-0.2, -0.15) is 9.97 Å². The van der Waals surface area contributed by atoms with E-state index in [9.17, 15) is 9.90 Å². The number of rotatable bonds is 8. The maximum Gasteiger partial charge on any atom is 0.405 e. The van der Waals surface area contributed by atoms with Crippen LogP contribution in [0.25, 0.3) is 33.6 Å². The number of hydrogen-bond acceptors (Lipinski definition) is 7. The standard InChI is InChI=1S/C26H25N3O6/c1-33-22-20-19(16-6-3-2-4-7-16)21(35-23(20)28-24(27-22)34-15-14-30)17-8-10-18(11-9-17)26(12-5-13-26)29-25(31)32/h2-4,6-11,29-30H,5,12-15H2,1H3,(H,31,32). The first-order chi connectivity index (χ1) is 17.0. The molecule has 1 aliphatic carbocycles. The average Bonchev–Trinajstić information content (AvgIpc) is 3.24. The minimum atomic E-state index is -1.03. The number of aromatic nitrogens is 2. The molecule has 1 saturated carbocycles. The highest BCUT2D eigenvalue weighted by Crippen LogP contribution is 2.45. The van der Waals surface area contributed by atoms with Gasteiger partial charge in [0.1, 0.15) is 17.8 Å². The van der Waals surface area contributed by atoms with Gasteiger partial charge in [-0.25, -0.2) is 4.79 Å². The number of aliphatic hydroxyl groups is 1. The summed E-state index contributed by atoms with van der Waals surface area (Å²) in [6.45, 7) is -0.131. The summed E-state index contributed by atoms with van der Waals surface area (Å²) in [6.07, 6.45) is 1.48.